The Kier molecular flexibility index (Phi) is 5.92. The van der Waals surface area contributed by atoms with Crippen LogP contribution in [0, 0.1) is 0 Å². The number of carbonyl (C=O) groups is 3. The van der Waals surface area contributed by atoms with Crippen molar-refractivity contribution in [2.75, 3.05) is 36.4 Å². The highest BCUT2D eigenvalue weighted by Crippen LogP contribution is 2.16. The lowest BCUT2D eigenvalue weighted by atomic mass is 10.1. The van der Waals surface area contributed by atoms with Gasteiger partial charge in [0.2, 0.25) is 17.8 Å². The summed E-state index contributed by atoms with van der Waals surface area (Å²) in [5.41, 5.74) is 1.13. The first-order valence-corrected chi connectivity index (χ1v) is 10.2. The molecule has 9 nitrogen and oxygen atoms in total. The van der Waals surface area contributed by atoms with Gasteiger partial charge in [0.1, 0.15) is 11.9 Å². The van der Waals surface area contributed by atoms with Gasteiger partial charge in [0.15, 0.2) is 5.78 Å². The molecule has 2 N–H and O–H groups in total. The zero-order valence-electron chi connectivity index (χ0n) is 17.2. The molecule has 2 aromatic rings. The second kappa shape index (κ2) is 8.95. The van der Waals surface area contributed by atoms with Crippen molar-refractivity contribution in [3.63, 3.8) is 0 Å². The number of aliphatic imine (C=N–C) groups is 1. The zero-order chi connectivity index (χ0) is 21.8. The molecular formula is C22H24N6O3. The Hall–Kier alpha value is -3.75. The third kappa shape index (κ3) is 4.88. The van der Waals surface area contributed by atoms with Crippen LogP contribution < -0.4 is 15.5 Å². The Morgan fingerprint density at radius 2 is 1.74 bits per heavy atom. The molecule has 1 aromatic carbocycles. The number of aromatic nitrogens is 1. The van der Waals surface area contributed by atoms with Gasteiger partial charge in [0.25, 0.3) is 0 Å². The van der Waals surface area contributed by atoms with Gasteiger partial charge in [-0.2, -0.15) is 0 Å². The van der Waals surface area contributed by atoms with Crippen LogP contribution in [-0.2, 0) is 9.59 Å². The maximum Gasteiger partial charge on any atom is 0.249 e. The van der Waals surface area contributed by atoms with Crippen molar-refractivity contribution in [1.29, 1.82) is 0 Å². The Morgan fingerprint density at radius 1 is 1.03 bits per heavy atom. The van der Waals surface area contributed by atoms with Gasteiger partial charge in [-0.3, -0.25) is 19.7 Å². The van der Waals surface area contributed by atoms with Crippen LogP contribution in [-0.4, -0.2) is 65.7 Å². The molecule has 4 rings (SSSR count). The molecule has 0 unspecified atom stereocenters. The summed E-state index contributed by atoms with van der Waals surface area (Å²) in [5, 5.41) is 5.57. The van der Waals surface area contributed by atoms with Crippen molar-refractivity contribution in [3.8, 4) is 0 Å². The van der Waals surface area contributed by atoms with E-state index in [1.807, 2.05) is 23.1 Å². The number of nitrogens with one attached hydrogen (secondary N) is 2. The highest BCUT2D eigenvalue weighted by Gasteiger charge is 2.30. The summed E-state index contributed by atoms with van der Waals surface area (Å²) in [6, 6.07) is 11.6. The van der Waals surface area contributed by atoms with E-state index in [0.717, 1.165) is 18.9 Å². The van der Waals surface area contributed by atoms with E-state index in [1.54, 1.807) is 30.5 Å². The first kappa shape index (κ1) is 20.5. The zero-order valence-corrected chi connectivity index (χ0v) is 17.2. The summed E-state index contributed by atoms with van der Waals surface area (Å²) in [6.45, 7) is 4.30. The summed E-state index contributed by atoms with van der Waals surface area (Å²) in [4.78, 5) is 49.4. The Labute approximate surface area is 180 Å². The molecule has 2 aliphatic heterocycles. The Balaban J connectivity index is 1.40. The third-order valence-corrected chi connectivity index (χ3v) is 5.32. The van der Waals surface area contributed by atoms with E-state index in [-0.39, 0.29) is 24.0 Å². The number of guanidine groups is 1. The lowest BCUT2D eigenvalue weighted by Gasteiger charge is -2.38. The largest absolute Gasteiger partial charge is 0.353 e. The summed E-state index contributed by atoms with van der Waals surface area (Å²) in [5.74, 6) is 0.729. The van der Waals surface area contributed by atoms with Crippen LogP contribution in [0.15, 0.2) is 53.7 Å². The van der Waals surface area contributed by atoms with E-state index in [9.17, 15) is 14.4 Å². The maximum absolute atomic E-state index is 12.7. The second-order valence-corrected chi connectivity index (χ2v) is 7.51. The highest BCUT2D eigenvalue weighted by atomic mass is 16.2. The first-order valence-electron chi connectivity index (χ1n) is 10.2. The predicted octanol–water partition coefficient (Wildman–Crippen LogP) is 1.29. The van der Waals surface area contributed by atoms with E-state index in [4.69, 9.17) is 0 Å². The molecular weight excluding hydrogens is 396 g/mol. The minimum atomic E-state index is -0.801. The molecule has 31 heavy (non-hydrogen) atoms. The van der Waals surface area contributed by atoms with Gasteiger partial charge in [0, 0.05) is 43.6 Å². The number of pyridine rings is 1. The van der Waals surface area contributed by atoms with Crippen molar-refractivity contribution in [1.82, 2.24) is 15.2 Å². The van der Waals surface area contributed by atoms with Crippen LogP contribution >= 0.6 is 0 Å². The number of hydrogen-bond acceptors (Lipinski definition) is 7. The van der Waals surface area contributed by atoms with Crippen molar-refractivity contribution < 1.29 is 14.4 Å². The maximum atomic E-state index is 12.7. The van der Waals surface area contributed by atoms with Crippen molar-refractivity contribution >= 4 is 35.1 Å². The lowest BCUT2D eigenvalue weighted by Crippen LogP contribution is -2.56. The molecule has 1 atom stereocenters. The van der Waals surface area contributed by atoms with Crippen molar-refractivity contribution in [2.45, 2.75) is 19.4 Å². The van der Waals surface area contributed by atoms with Gasteiger partial charge in [-0.15, -0.1) is 0 Å². The smallest absolute Gasteiger partial charge is 0.249 e. The number of piperazine rings is 1. The van der Waals surface area contributed by atoms with Crippen molar-refractivity contribution in [2.24, 2.45) is 4.99 Å². The van der Waals surface area contributed by atoms with Crippen LogP contribution in [0.5, 0.6) is 0 Å². The fourth-order valence-electron chi connectivity index (χ4n) is 3.59. The summed E-state index contributed by atoms with van der Waals surface area (Å²) in [6.07, 6.45) is 1.76. The predicted molar refractivity (Wildman–Crippen MR) is 117 cm³/mol. The SMILES string of the molecule is CC(=O)c1ccc(NC(=O)[C@H]2CC(=O)NC(N3CCN(c4ccccn4)CC3)=N2)cc1. The molecule has 2 aliphatic rings. The highest BCUT2D eigenvalue weighted by molar-refractivity contribution is 6.06. The quantitative estimate of drug-likeness (QED) is 0.722. The number of amides is 2. The number of anilines is 2. The van der Waals surface area contributed by atoms with E-state index in [0.29, 0.717) is 30.3 Å². The molecule has 160 valence electrons. The standard InChI is InChI=1S/C22H24N6O3/c1-15(29)16-5-7-17(8-6-16)24-21(31)18-14-20(30)26-22(25-18)28-12-10-27(11-13-28)19-4-2-3-9-23-19/h2-9,18H,10-14H2,1H3,(H,24,31)(H,25,26,30)/t18-/m1/s1. The van der Waals surface area contributed by atoms with Crippen LogP contribution in [0.25, 0.3) is 0 Å². The molecule has 2 amide bonds. The number of carbonyl (C=O) groups excluding carboxylic acids is 3. The van der Waals surface area contributed by atoms with Gasteiger partial charge in [0.05, 0.1) is 6.42 Å². The number of nitrogens with zero attached hydrogens (tertiary/aromatic N) is 4. The average molecular weight is 420 g/mol. The fraction of sp³-hybridized carbons (Fsp3) is 0.318. The summed E-state index contributed by atoms with van der Waals surface area (Å²) < 4.78 is 0. The molecule has 0 aliphatic carbocycles. The van der Waals surface area contributed by atoms with Gasteiger partial charge < -0.3 is 15.1 Å². The molecule has 1 fully saturated rings. The molecule has 0 saturated carbocycles. The number of Topliss-reactive ketones (excluding diaryl/α,β-unsaturated/α-hetero) is 1. The monoisotopic (exact) mass is 420 g/mol. The average Bonchev–Trinajstić information content (AvgIpc) is 2.79. The molecule has 0 bridgehead atoms. The minimum Gasteiger partial charge on any atom is -0.353 e. The molecule has 0 radical (unpaired) electrons. The lowest BCUT2D eigenvalue weighted by molar-refractivity contribution is -0.125. The van der Waals surface area contributed by atoms with Crippen molar-refractivity contribution in [3.05, 3.63) is 54.2 Å². The molecule has 0 spiro atoms. The Bertz CT molecular complexity index is 998. The van der Waals surface area contributed by atoms with E-state index in [2.05, 4.69) is 25.5 Å². The van der Waals surface area contributed by atoms with E-state index in [1.165, 1.54) is 6.92 Å². The molecule has 1 aromatic heterocycles. The van der Waals surface area contributed by atoms with Gasteiger partial charge in [-0.05, 0) is 43.3 Å². The summed E-state index contributed by atoms with van der Waals surface area (Å²) >= 11 is 0. The third-order valence-electron chi connectivity index (χ3n) is 5.32. The first-order chi connectivity index (χ1) is 15.0. The van der Waals surface area contributed by atoms with E-state index < -0.39 is 6.04 Å². The topological polar surface area (TPSA) is 107 Å². The minimum absolute atomic E-state index is 0.00520. The van der Waals surface area contributed by atoms with E-state index >= 15 is 0 Å². The number of rotatable bonds is 4. The number of ketones is 1. The van der Waals surface area contributed by atoms with Gasteiger partial charge in [-0.1, -0.05) is 6.07 Å². The number of benzene rings is 1. The van der Waals surface area contributed by atoms with Crippen LogP contribution in [0.3, 0.4) is 0 Å². The molecule has 9 heteroatoms. The number of hydrogen-bond donors (Lipinski definition) is 2. The summed E-state index contributed by atoms with van der Waals surface area (Å²) in [7, 11) is 0. The van der Waals surface area contributed by atoms with Gasteiger partial charge in [-0.25, -0.2) is 9.98 Å². The van der Waals surface area contributed by atoms with Crippen LogP contribution in [0.1, 0.15) is 23.7 Å². The normalized spacial score (nSPS) is 18.8. The molecule has 1 saturated heterocycles. The van der Waals surface area contributed by atoms with Gasteiger partial charge >= 0.3 is 0 Å². The Morgan fingerprint density at radius 3 is 2.39 bits per heavy atom. The second-order valence-electron chi connectivity index (χ2n) is 7.51. The van der Waals surface area contributed by atoms with Crippen LogP contribution in [0.2, 0.25) is 0 Å². The fourth-order valence-corrected chi connectivity index (χ4v) is 3.59. The van der Waals surface area contributed by atoms with Crippen LogP contribution in [0.4, 0.5) is 11.5 Å². The molecule has 3 heterocycles.